The molecular weight excluding hydrogens is 323 g/mol. The highest BCUT2D eigenvalue weighted by Crippen LogP contribution is 2.33. The molecule has 1 aromatic heterocycles. The summed E-state index contributed by atoms with van der Waals surface area (Å²) in [7, 11) is 0. The van der Waals surface area contributed by atoms with Gasteiger partial charge in [0.05, 0.1) is 24.8 Å². The van der Waals surface area contributed by atoms with Crippen LogP contribution in [0.2, 0.25) is 0 Å². The number of carbonyl (C=O) groups is 2. The molecule has 2 atom stereocenters. The molecule has 5 nitrogen and oxygen atoms in total. The van der Waals surface area contributed by atoms with E-state index in [0.29, 0.717) is 31.7 Å². The average Bonchev–Trinajstić information content (AvgIpc) is 3.13. The van der Waals surface area contributed by atoms with Crippen molar-refractivity contribution in [3.8, 4) is 0 Å². The van der Waals surface area contributed by atoms with Gasteiger partial charge in [-0.05, 0) is 42.7 Å². The summed E-state index contributed by atoms with van der Waals surface area (Å²) in [4.78, 5) is 26.2. The first-order valence-corrected chi connectivity index (χ1v) is 8.37. The molecule has 1 fully saturated rings. The lowest BCUT2D eigenvalue weighted by Crippen LogP contribution is -2.46. The first-order valence-electron chi connectivity index (χ1n) is 8.37. The van der Waals surface area contributed by atoms with Gasteiger partial charge in [-0.1, -0.05) is 12.1 Å². The number of hydrogen-bond acceptors (Lipinski definition) is 3. The van der Waals surface area contributed by atoms with Gasteiger partial charge in [0, 0.05) is 13.5 Å². The molecule has 2 unspecified atom stereocenters. The Bertz CT molecular complexity index is 728. The maximum absolute atomic E-state index is 13.1. The van der Waals surface area contributed by atoms with Crippen LogP contribution in [0.3, 0.4) is 0 Å². The van der Waals surface area contributed by atoms with Gasteiger partial charge in [0.1, 0.15) is 11.6 Å². The van der Waals surface area contributed by atoms with E-state index in [1.807, 2.05) is 0 Å². The molecule has 0 saturated carbocycles. The lowest BCUT2D eigenvalue weighted by Gasteiger charge is -2.39. The van der Waals surface area contributed by atoms with Crippen molar-refractivity contribution in [1.82, 2.24) is 10.2 Å². The zero-order valence-corrected chi connectivity index (χ0v) is 14.1. The predicted molar refractivity (Wildman–Crippen MR) is 89.8 cm³/mol. The summed E-state index contributed by atoms with van der Waals surface area (Å²) in [6.45, 7) is 2.20. The Morgan fingerprint density at radius 1 is 1.24 bits per heavy atom. The average molecular weight is 344 g/mol. The number of nitrogens with zero attached hydrogens (tertiary/aromatic N) is 1. The molecule has 1 aliphatic rings. The van der Waals surface area contributed by atoms with Crippen molar-refractivity contribution in [1.29, 1.82) is 0 Å². The minimum Gasteiger partial charge on any atom is -0.467 e. The van der Waals surface area contributed by atoms with Gasteiger partial charge in [0.2, 0.25) is 11.8 Å². The van der Waals surface area contributed by atoms with Gasteiger partial charge in [-0.15, -0.1) is 0 Å². The maximum atomic E-state index is 13.1. The summed E-state index contributed by atoms with van der Waals surface area (Å²) in [5.74, 6) is -0.0329. The van der Waals surface area contributed by atoms with Crippen LogP contribution in [0.5, 0.6) is 0 Å². The monoisotopic (exact) mass is 344 g/mol. The summed E-state index contributed by atoms with van der Waals surface area (Å²) in [5, 5.41) is 2.86. The molecule has 3 rings (SSSR count). The zero-order valence-electron chi connectivity index (χ0n) is 14.1. The van der Waals surface area contributed by atoms with E-state index in [1.54, 1.807) is 35.4 Å². The molecule has 2 amide bonds. The third-order valence-electron chi connectivity index (χ3n) is 4.63. The van der Waals surface area contributed by atoms with Crippen molar-refractivity contribution >= 4 is 11.8 Å². The highest BCUT2D eigenvalue weighted by molar-refractivity contribution is 5.80. The number of halogens is 1. The van der Waals surface area contributed by atoms with Gasteiger partial charge < -0.3 is 14.6 Å². The van der Waals surface area contributed by atoms with E-state index in [-0.39, 0.29) is 29.6 Å². The highest BCUT2D eigenvalue weighted by atomic mass is 19.1. The summed E-state index contributed by atoms with van der Waals surface area (Å²) in [5.41, 5.74) is 0.894. The van der Waals surface area contributed by atoms with Crippen LogP contribution in [0.4, 0.5) is 4.39 Å². The van der Waals surface area contributed by atoms with Crippen LogP contribution in [0.15, 0.2) is 47.1 Å². The summed E-state index contributed by atoms with van der Waals surface area (Å²) in [6.07, 6.45) is 2.91. The second-order valence-corrected chi connectivity index (χ2v) is 6.31. The van der Waals surface area contributed by atoms with E-state index in [9.17, 15) is 14.0 Å². The quantitative estimate of drug-likeness (QED) is 0.927. The van der Waals surface area contributed by atoms with Crippen molar-refractivity contribution in [2.45, 2.75) is 32.4 Å². The van der Waals surface area contributed by atoms with Crippen LogP contribution in [-0.4, -0.2) is 23.3 Å². The molecular formula is C19H21FN2O3. The smallest absolute Gasteiger partial charge is 0.225 e. The lowest BCUT2D eigenvalue weighted by molar-refractivity contribution is -0.137. The standard InChI is InChI=1S/C19H21FN2O3/c1-13(23)22-12-15(19(24)21-11-17-3-2-10-25-17)6-9-18(22)14-4-7-16(20)8-5-14/h2-5,7-8,10,15,18H,6,9,11-12H2,1H3,(H,21,24). The maximum Gasteiger partial charge on any atom is 0.225 e. The Hall–Kier alpha value is -2.63. The Labute approximate surface area is 145 Å². The summed E-state index contributed by atoms with van der Waals surface area (Å²) >= 11 is 0. The van der Waals surface area contributed by atoms with E-state index in [1.165, 1.54) is 19.1 Å². The minimum atomic E-state index is -0.302. The number of benzene rings is 1. The topological polar surface area (TPSA) is 62.6 Å². The van der Waals surface area contributed by atoms with E-state index in [0.717, 1.165) is 5.56 Å². The van der Waals surface area contributed by atoms with Gasteiger partial charge in [-0.25, -0.2) is 4.39 Å². The third kappa shape index (κ3) is 4.07. The molecule has 1 aromatic carbocycles. The number of hydrogen-bond donors (Lipinski definition) is 1. The molecule has 2 heterocycles. The molecule has 6 heteroatoms. The molecule has 1 saturated heterocycles. The zero-order chi connectivity index (χ0) is 17.8. The Morgan fingerprint density at radius 3 is 2.64 bits per heavy atom. The van der Waals surface area contributed by atoms with E-state index >= 15 is 0 Å². The van der Waals surface area contributed by atoms with Gasteiger partial charge >= 0.3 is 0 Å². The predicted octanol–water partition coefficient (Wildman–Crippen LogP) is 3.03. The van der Waals surface area contributed by atoms with Crippen LogP contribution in [0, 0.1) is 11.7 Å². The molecule has 25 heavy (non-hydrogen) atoms. The number of furan rings is 1. The number of amides is 2. The number of likely N-dealkylation sites (tertiary alicyclic amines) is 1. The van der Waals surface area contributed by atoms with Crippen LogP contribution in [-0.2, 0) is 16.1 Å². The molecule has 0 aliphatic carbocycles. The van der Waals surface area contributed by atoms with Gasteiger partial charge in [-0.3, -0.25) is 9.59 Å². The van der Waals surface area contributed by atoms with E-state index in [2.05, 4.69) is 5.32 Å². The Kier molecular flexibility index (Phi) is 5.16. The van der Waals surface area contributed by atoms with E-state index < -0.39 is 0 Å². The molecule has 132 valence electrons. The SMILES string of the molecule is CC(=O)N1CC(C(=O)NCc2ccco2)CCC1c1ccc(F)cc1. The van der Waals surface area contributed by atoms with Crippen molar-refractivity contribution in [2.75, 3.05) is 6.54 Å². The first-order chi connectivity index (χ1) is 12.0. The van der Waals surface area contributed by atoms with E-state index in [4.69, 9.17) is 4.42 Å². The third-order valence-corrected chi connectivity index (χ3v) is 4.63. The molecule has 0 spiro atoms. The van der Waals surface area contributed by atoms with Gasteiger partial charge in [-0.2, -0.15) is 0 Å². The van der Waals surface area contributed by atoms with Crippen LogP contribution < -0.4 is 5.32 Å². The largest absolute Gasteiger partial charge is 0.467 e. The molecule has 0 radical (unpaired) electrons. The van der Waals surface area contributed by atoms with Crippen molar-refractivity contribution in [3.05, 3.63) is 59.8 Å². The summed E-state index contributed by atoms with van der Waals surface area (Å²) < 4.78 is 18.3. The fraction of sp³-hybridized carbons (Fsp3) is 0.368. The highest BCUT2D eigenvalue weighted by Gasteiger charge is 2.34. The summed E-state index contributed by atoms with van der Waals surface area (Å²) in [6, 6.07) is 9.65. The van der Waals surface area contributed by atoms with Crippen LogP contribution in [0.25, 0.3) is 0 Å². The number of nitrogens with one attached hydrogen (secondary N) is 1. The number of rotatable bonds is 4. The normalized spacial score (nSPS) is 20.3. The molecule has 2 aromatic rings. The Morgan fingerprint density at radius 2 is 2.00 bits per heavy atom. The van der Waals surface area contributed by atoms with Crippen molar-refractivity contribution in [2.24, 2.45) is 5.92 Å². The second-order valence-electron chi connectivity index (χ2n) is 6.31. The molecule has 0 bridgehead atoms. The minimum absolute atomic E-state index is 0.0831. The first kappa shape index (κ1) is 17.2. The van der Waals surface area contributed by atoms with Crippen LogP contribution in [0.1, 0.15) is 37.1 Å². The number of carbonyl (C=O) groups excluding carboxylic acids is 2. The fourth-order valence-corrected chi connectivity index (χ4v) is 3.30. The van der Waals surface area contributed by atoms with Gasteiger partial charge in [0.15, 0.2) is 0 Å². The van der Waals surface area contributed by atoms with Crippen molar-refractivity contribution < 1.29 is 18.4 Å². The molecule has 1 N–H and O–H groups in total. The second kappa shape index (κ2) is 7.51. The van der Waals surface area contributed by atoms with Crippen LogP contribution >= 0.6 is 0 Å². The Balaban J connectivity index is 1.65. The lowest BCUT2D eigenvalue weighted by atomic mass is 9.88. The number of piperidine rings is 1. The van der Waals surface area contributed by atoms with Gasteiger partial charge in [0.25, 0.3) is 0 Å². The fourth-order valence-electron chi connectivity index (χ4n) is 3.30. The van der Waals surface area contributed by atoms with Crippen molar-refractivity contribution in [3.63, 3.8) is 0 Å². The molecule has 1 aliphatic heterocycles.